The smallest absolute Gasteiger partial charge is 0.00851 e. The molecule has 10 atom stereocenters. The lowest BCUT2D eigenvalue weighted by atomic mass is 9.46. The molecule has 0 aromatic carbocycles. The van der Waals surface area contributed by atoms with Gasteiger partial charge in [0.15, 0.2) is 0 Å². The van der Waals surface area contributed by atoms with E-state index in [0.29, 0.717) is 10.8 Å². The summed E-state index contributed by atoms with van der Waals surface area (Å²) in [5, 5.41) is 0. The van der Waals surface area contributed by atoms with Crippen LogP contribution in [0.1, 0.15) is 175 Å². The highest BCUT2D eigenvalue weighted by Gasteiger charge is 2.58. The van der Waals surface area contributed by atoms with E-state index in [9.17, 15) is 0 Å². The molecule has 0 nitrogen and oxygen atoms in total. The SMILES string of the molecule is CC.CC.CC.CC.CC.CC1CCC2(C)C(=CCC3C2CCC2(C)C(C(C)CCC(P)C(C)C)CCC32)C1. The van der Waals surface area contributed by atoms with Crippen LogP contribution in [0.5, 0.6) is 0 Å². The molecular formula is C38H79P. The second kappa shape index (κ2) is 21.0. The van der Waals surface area contributed by atoms with Crippen molar-refractivity contribution in [2.24, 2.45) is 52.3 Å². The predicted octanol–water partition coefficient (Wildman–Crippen LogP) is 13.6. The summed E-state index contributed by atoms with van der Waals surface area (Å²) in [6.07, 6.45) is 17.4. The first-order chi connectivity index (χ1) is 18.7. The summed E-state index contributed by atoms with van der Waals surface area (Å²) in [4.78, 5) is 0. The van der Waals surface area contributed by atoms with Gasteiger partial charge in [0, 0.05) is 0 Å². The molecule has 3 saturated carbocycles. The first kappa shape index (κ1) is 41.3. The van der Waals surface area contributed by atoms with Crippen LogP contribution in [-0.4, -0.2) is 5.66 Å². The molecule has 0 saturated heterocycles. The van der Waals surface area contributed by atoms with Crippen molar-refractivity contribution < 1.29 is 0 Å². The molecule has 0 aliphatic heterocycles. The van der Waals surface area contributed by atoms with E-state index in [4.69, 9.17) is 0 Å². The second-order valence-electron chi connectivity index (χ2n) is 12.8. The fourth-order valence-corrected chi connectivity index (χ4v) is 9.00. The molecule has 1 heteroatoms. The normalized spacial score (nSPS) is 35.3. The van der Waals surface area contributed by atoms with Crippen LogP contribution >= 0.6 is 9.24 Å². The monoisotopic (exact) mass is 567 g/mol. The molecule has 0 bridgehead atoms. The van der Waals surface area contributed by atoms with Gasteiger partial charge in [0.05, 0.1) is 0 Å². The van der Waals surface area contributed by atoms with E-state index in [1.807, 2.05) is 74.8 Å². The minimum Gasteiger partial charge on any atom is -0.134 e. The third-order valence-corrected chi connectivity index (χ3v) is 12.0. The molecule has 0 aromatic heterocycles. The van der Waals surface area contributed by atoms with Crippen molar-refractivity contribution in [2.45, 2.75) is 181 Å². The molecule has 236 valence electrons. The first-order valence-corrected chi connectivity index (χ1v) is 18.8. The number of fused-ring (bicyclic) bond motifs is 5. The Morgan fingerprint density at radius 2 is 1.33 bits per heavy atom. The lowest BCUT2D eigenvalue weighted by molar-refractivity contribution is -0.0522. The third-order valence-electron chi connectivity index (χ3n) is 10.9. The topological polar surface area (TPSA) is 0 Å². The molecule has 39 heavy (non-hydrogen) atoms. The van der Waals surface area contributed by atoms with Crippen molar-refractivity contribution in [3.05, 3.63) is 11.6 Å². The highest BCUT2D eigenvalue weighted by molar-refractivity contribution is 7.17. The highest BCUT2D eigenvalue weighted by Crippen LogP contribution is 2.67. The molecular weight excluding hydrogens is 487 g/mol. The van der Waals surface area contributed by atoms with Crippen LogP contribution < -0.4 is 0 Å². The van der Waals surface area contributed by atoms with Crippen LogP contribution in [-0.2, 0) is 0 Å². The number of allylic oxidation sites excluding steroid dienone is 2. The summed E-state index contributed by atoms with van der Waals surface area (Å²) < 4.78 is 0. The summed E-state index contributed by atoms with van der Waals surface area (Å²) in [5.41, 5.74) is 3.83. The van der Waals surface area contributed by atoms with Gasteiger partial charge in [0.25, 0.3) is 0 Å². The molecule has 4 aliphatic carbocycles. The lowest BCUT2D eigenvalue weighted by Crippen LogP contribution is -2.50. The Hall–Kier alpha value is 0.170. The van der Waals surface area contributed by atoms with Crippen molar-refractivity contribution in [2.75, 3.05) is 0 Å². The van der Waals surface area contributed by atoms with Gasteiger partial charge in [-0.3, -0.25) is 0 Å². The van der Waals surface area contributed by atoms with Crippen LogP contribution in [0.3, 0.4) is 0 Å². The molecule has 0 N–H and O–H groups in total. The number of hydrogen-bond acceptors (Lipinski definition) is 0. The maximum atomic E-state index is 3.13. The van der Waals surface area contributed by atoms with Crippen molar-refractivity contribution in [1.82, 2.24) is 0 Å². The third kappa shape index (κ3) is 9.86. The molecule has 4 rings (SSSR count). The van der Waals surface area contributed by atoms with E-state index in [-0.39, 0.29) is 0 Å². The van der Waals surface area contributed by atoms with Crippen molar-refractivity contribution >= 4 is 9.24 Å². The fraction of sp³-hybridized carbons (Fsp3) is 0.947. The van der Waals surface area contributed by atoms with E-state index >= 15 is 0 Å². The average Bonchev–Trinajstić information content (AvgIpc) is 3.34. The zero-order valence-corrected chi connectivity index (χ0v) is 31.5. The minimum atomic E-state index is 0.546. The molecule has 4 aliphatic rings. The largest absolute Gasteiger partial charge is 0.134 e. The molecule has 0 spiro atoms. The van der Waals surface area contributed by atoms with Gasteiger partial charge in [0.1, 0.15) is 0 Å². The predicted molar refractivity (Wildman–Crippen MR) is 188 cm³/mol. The molecule has 0 aromatic rings. The Kier molecular flexibility index (Phi) is 22.2. The molecule has 0 heterocycles. The van der Waals surface area contributed by atoms with Gasteiger partial charge >= 0.3 is 0 Å². The standard InChI is InChI=1S/C28H49P.5C2H6/c1-18(2)26(29)12-7-20(4)23-10-11-24-22-9-8-21-17-19(3)13-15-27(21,5)25(22)14-16-28(23,24)6;5*1-2/h8,18-20,22-26H,7,9-17,29H2,1-6H3;5*1-2H3. The van der Waals surface area contributed by atoms with Crippen molar-refractivity contribution in [3.63, 3.8) is 0 Å². The molecule has 3 fully saturated rings. The summed E-state index contributed by atoms with van der Waals surface area (Å²) in [5.74, 6) is 6.57. The fourth-order valence-electron chi connectivity index (χ4n) is 8.81. The van der Waals surface area contributed by atoms with E-state index in [0.717, 1.165) is 47.1 Å². The minimum absolute atomic E-state index is 0.546. The van der Waals surface area contributed by atoms with Crippen LogP contribution in [0.25, 0.3) is 0 Å². The first-order valence-electron chi connectivity index (χ1n) is 18.1. The van der Waals surface area contributed by atoms with Crippen molar-refractivity contribution in [1.29, 1.82) is 0 Å². The maximum absolute atomic E-state index is 3.13. The van der Waals surface area contributed by atoms with E-state index in [1.165, 1.54) is 64.2 Å². The summed E-state index contributed by atoms with van der Waals surface area (Å²) in [6.45, 7) is 35.2. The second-order valence-corrected chi connectivity index (χ2v) is 13.7. The molecule has 0 radical (unpaired) electrons. The molecule has 10 unspecified atom stereocenters. The highest BCUT2D eigenvalue weighted by atomic mass is 31.0. The van der Waals surface area contributed by atoms with Crippen LogP contribution in [0, 0.1) is 52.3 Å². The van der Waals surface area contributed by atoms with Crippen LogP contribution in [0.2, 0.25) is 0 Å². The number of hydrogen-bond donors (Lipinski definition) is 0. The van der Waals surface area contributed by atoms with E-state index in [1.54, 1.807) is 0 Å². The average molecular weight is 567 g/mol. The van der Waals surface area contributed by atoms with Gasteiger partial charge in [-0.05, 0) is 122 Å². The van der Waals surface area contributed by atoms with Gasteiger partial charge in [0.2, 0.25) is 0 Å². The van der Waals surface area contributed by atoms with Crippen molar-refractivity contribution in [3.8, 4) is 0 Å². The quantitative estimate of drug-likeness (QED) is 0.229. The Labute approximate surface area is 253 Å². The van der Waals surface area contributed by atoms with Gasteiger partial charge in [-0.2, -0.15) is 0 Å². The summed E-state index contributed by atoms with van der Waals surface area (Å²) >= 11 is 0. The lowest BCUT2D eigenvalue weighted by Gasteiger charge is -2.58. The summed E-state index contributed by atoms with van der Waals surface area (Å²) in [7, 11) is 3.13. The Balaban J connectivity index is 0. The zero-order chi connectivity index (χ0) is 31.0. The van der Waals surface area contributed by atoms with Gasteiger partial charge in [-0.15, -0.1) is 9.24 Å². The molecule has 0 amide bonds. The van der Waals surface area contributed by atoms with Crippen LogP contribution in [0.15, 0.2) is 11.6 Å². The van der Waals surface area contributed by atoms with E-state index in [2.05, 4.69) is 56.9 Å². The van der Waals surface area contributed by atoms with Gasteiger partial charge < -0.3 is 0 Å². The van der Waals surface area contributed by atoms with E-state index < -0.39 is 0 Å². The Morgan fingerprint density at radius 3 is 1.87 bits per heavy atom. The Bertz CT molecular complexity index is 620. The summed E-state index contributed by atoms with van der Waals surface area (Å²) in [6, 6.07) is 0. The zero-order valence-electron chi connectivity index (χ0n) is 30.3. The van der Waals surface area contributed by atoms with Gasteiger partial charge in [-0.1, -0.05) is 122 Å². The maximum Gasteiger partial charge on any atom is -0.00851 e. The Morgan fingerprint density at radius 1 is 0.769 bits per heavy atom. The van der Waals surface area contributed by atoms with Gasteiger partial charge in [-0.25, -0.2) is 0 Å². The number of rotatable bonds is 5. The van der Waals surface area contributed by atoms with Crippen LogP contribution in [0.4, 0.5) is 0 Å².